The smallest absolute Gasteiger partial charge is 0.234 e. The highest BCUT2D eigenvalue weighted by atomic mass is 35.5. The predicted molar refractivity (Wildman–Crippen MR) is 108 cm³/mol. The number of nitrogens with zero attached hydrogens (tertiary/aromatic N) is 1. The maximum atomic E-state index is 12.2. The number of thioether (sulfide) groups is 1. The molecule has 2 rings (SSSR count). The lowest BCUT2D eigenvalue weighted by atomic mass is 9.97. The summed E-state index contributed by atoms with van der Waals surface area (Å²) in [5.41, 5.74) is 1.95. The molecule has 0 atom stereocenters. The molecule has 25 heavy (non-hydrogen) atoms. The topological polar surface area (TPSA) is 61.4 Å². The van der Waals surface area contributed by atoms with Crippen molar-refractivity contribution in [2.45, 2.75) is 19.8 Å². The Hall–Kier alpha value is -1.24. The average molecular weight is 386 g/mol. The third-order valence-electron chi connectivity index (χ3n) is 4.25. The highest BCUT2D eigenvalue weighted by Gasteiger charge is 2.22. The number of hydrogen-bond donors (Lipinski definition) is 2. The van der Waals surface area contributed by atoms with Gasteiger partial charge in [-0.15, -0.1) is 24.2 Å². The molecule has 0 aliphatic carbocycles. The summed E-state index contributed by atoms with van der Waals surface area (Å²) < 4.78 is 0. The van der Waals surface area contributed by atoms with Gasteiger partial charge < -0.3 is 15.5 Å². The Bertz CT molecular complexity index is 546. The molecule has 1 aromatic rings. The van der Waals surface area contributed by atoms with Crippen molar-refractivity contribution >= 4 is 41.7 Å². The summed E-state index contributed by atoms with van der Waals surface area (Å²) >= 11 is 1.38. The number of amides is 2. The first kappa shape index (κ1) is 21.8. The quantitative estimate of drug-likeness (QED) is 0.757. The second-order valence-electron chi connectivity index (χ2n) is 6.29. The molecule has 1 fully saturated rings. The average Bonchev–Trinajstić information content (AvgIpc) is 2.58. The lowest BCUT2D eigenvalue weighted by Crippen LogP contribution is -2.41. The van der Waals surface area contributed by atoms with E-state index in [1.54, 1.807) is 0 Å². The van der Waals surface area contributed by atoms with Crippen LogP contribution in [0.15, 0.2) is 24.3 Å². The minimum atomic E-state index is -0.0654. The number of carbonyl (C=O) groups excluding carboxylic acids is 2. The molecule has 0 bridgehead atoms. The summed E-state index contributed by atoms with van der Waals surface area (Å²) in [6.07, 6.45) is 2.12. The van der Waals surface area contributed by atoms with E-state index < -0.39 is 0 Å². The molecular weight excluding hydrogens is 358 g/mol. The van der Waals surface area contributed by atoms with Gasteiger partial charge in [0.15, 0.2) is 0 Å². The van der Waals surface area contributed by atoms with E-state index in [1.165, 1.54) is 11.8 Å². The van der Waals surface area contributed by atoms with Crippen LogP contribution in [0, 0.1) is 12.8 Å². The van der Waals surface area contributed by atoms with Gasteiger partial charge in [-0.05, 0) is 51.4 Å². The summed E-state index contributed by atoms with van der Waals surface area (Å²) in [4.78, 5) is 26.0. The Morgan fingerprint density at radius 3 is 2.40 bits per heavy atom. The number of nitrogens with one attached hydrogen (secondary N) is 2. The number of aryl methyl sites for hydroxylation is 1. The van der Waals surface area contributed by atoms with Crippen LogP contribution in [0.25, 0.3) is 0 Å². The largest absolute Gasteiger partial charge is 0.342 e. The zero-order chi connectivity index (χ0) is 17.4. The molecule has 0 aromatic heterocycles. The Morgan fingerprint density at radius 1 is 1.16 bits per heavy atom. The monoisotopic (exact) mass is 385 g/mol. The third-order valence-corrected chi connectivity index (χ3v) is 5.17. The van der Waals surface area contributed by atoms with Gasteiger partial charge in [0.1, 0.15) is 0 Å². The maximum Gasteiger partial charge on any atom is 0.234 e. The fourth-order valence-corrected chi connectivity index (χ4v) is 3.55. The second-order valence-corrected chi connectivity index (χ2v) is 7.27. The molecular formula is C18H28ClN3O2S. The van der Waals surface area contributed by atoms with Crippen LogP contribution >= 0.6 is 24.2 Å². The number of halogens is 1. The Balaban J connectivity index is 0.00000312. The molecule has 2 amide bonds. The molecule has 140 valence electrons. The van der Waals surface area contributed by atoms with Crippen molar-refractivity contribution in [3.05, 3.63) is 29.8 Å². The fourth-order valence-electron chi connectivity index (χ4n) is 2.83. The van der Waals surface area contributed by atoms with Crippen molar-refractivity contribution in [2.24, 2.45) is 5.92 Å². The summed E-state index contributed by atoms with van der Waals surface area (Å²) in [5.74, 6) is 1.43. The molecule has 0 radical (unpaired) electrons. The van der Waals surface area contributed by atoms with Gasteiger partial charge in [-0.25, -0.2) is 0 Å². The number of piperidine rings is 1. The lowest BCUT2D eigenvalue weighted by molar-refractivity contribution is -0.129. The fraction of sp³-hybridized carbons (Fsp3) is 0.556. The highest BCUT2D eigenvalue weighted by Crippen LogP contribution is 2.17. The van der Waals surface area contributed by atoms with E-state index in [9.17, 15) is 9.59 Å². The van der Waals surface area contributed by atoms with E-state index in [4.69, 9.17) is 0 Å². The van der Waals surface area contributed by atoms with Crippen LogP contribution in [0.2, 0.25) is 0 Å². The van der Waals surface area contributed by atoms with E-state index in [1.807, 2.05) is 43.1 Å². The maximum absolute atomic E-state index is 12.2. The number of anilines is 1. The van der Waals surface area contributed by atoms with Crippen molar-refractivity contribution in [1.29, 1.82) is 0 Å². The van der Waals surface area contributed by atoms with Crippen LogP contribution in [-0.2, 0) is 9.59 Å². The van der Waals surface area contributed by atoms with Gasteiger partial charge in [-0.2, -0.15) is 0 Å². The summed E-state index contributed by atoms with van der Waals surface area (Å²) in [6.45, 7) is 4.70. The van der Waals surface area contributed by atoms with Gasteiger partial charge >= 0.3 is 0 Å². The van der Waals surface area contributed by atoms with Crippen LogP contribution in [0.5, 0.6) is 0 Å². The normalized spacial score (nSPS) is 14.7. The zero-order valence-corrected chi connectivity index (χ0v) is 16.5. The first-order valence-corrected chi connectivity index (χ1v) is 9.60. The lowest BCUT2D eigenvalue weighted by Gasteiger charge is -2.31. The molecule has 5 nitrogen and oxygen atoms in total. The summed E-state index contributed by atoms with van der Waals surface area (Å²) in [5, 5.41) is 6.05. The van der Waals surface area contributed by atoms with E-state index in [0.717, 1.165) is 43.7 Å². The van der Waals surface area contributed by atoms with Gasteiger partial charge in [0.2, 0.25) is 11.8 Å². The van der Waals surface area contributed by atoms with E-state index in [0.29, 0.717) is 17.4 Å². The number of likely N-dealkylation sites (tertiary alicyclic amines) is 1. The molecule has 2 N–H and O–H groups in total. The highest BCUT2D eigenvalue weighted by molar-refractivity contribution is 8.00. The van der Waals surface area contributed by atoms with Crippen molar-refractivity contribution in [2.75, 3.05) is 43.5 Å². The third kappa shape index (κ3) is 7.67. The van der Waals surface area contributed by atoms with Gasteiger partial charge in [0.25, 0.3) is 0 Å². The van der Waals surface area contributed by atoms with Crippen LogP contribution in [0.3, 0.4) is 0 Å². The molecule has 1 saturated heterocycles. The number of carbonyl (C=O) groups is 2. The Labute approximate surface area is 160 Å². The van der Waals surface area contributed by atoms with Gasteiger partial charge in [-0.1, -0.05) is 17.7 Å². The molecule has 1 heterocycles. The minimum Gasteiger partial charge on any atom is -0.342 e. The summed E-state index contributed by atoms with van der Waals surface area (Å²) in [7, 11) is 1.97. The Kier molecular flexibility index (Phi) is 9.93. The molecule has 1 aliphatic rings. The zero-order valence-electron chi connectivity index (χ0n) is 14.9. The van der Waals surface area contributed by atoms with E-state index >= 15 is 0 Å². The van der Waals surface area contributed by atoms with Gasteiger partial charge in [-0.3, -0.25) is 9.59 Å². The number of rotatable bonds is 7. The van der Waals surface area contributed by atoms with E-state index in [2.05, 4.69) is 10.6 Å². The van der Waals surface area contributed by atoms with Gasteiger partial charge in [0, 0.05) is 18.8 Å². The molecule has 7 heteroatoms. The molecule has 0 saturated carbocycles. The molecule has 1 aromatic carbocycles. The van der Waals surface area contributed by atoms with Crippen LogP contribution in [-0.4, -0.2) is 54.9 Å². The van der Waals surface area contributed by atoms with E-state index in [-0.39, 0.29) is 24.2 Å². The van der Waals surface area contributed by atoms with Crippen LogP contribution in [0.4, 0.5) is 5.69 Å². The summed E-state index contributed by atoms with van der Waals surface area (Å²) in [6, 6.07) is 7.70. The van der Waals surface area contributed by atoms with Crippen molar-refractivity contribution in [1.82, 2.24) is 10.2 Å². The molecule has 0 spiro atoms. The SMILES string of the molecule is CNCC1CCN(C(=O)CSCC(=O)Nc2ccc(C)cc2)CC1.Cl. The van der Waals surface area contributed by atoms with Crippen molar-refractivity contribution < 1.29 is 9.59 Å². The Morgan fingerprint density at radius 2 is 1.80 bits per heavy atom. The number of benzene rings is 1. The van der Waals surface area contributed by atoms with Gasteiger partial charge in [0.05, 0.1) is 11.5 Å². The van der Waals surface area contributed by atoms with Crippen LogP contribution in [0.1, 0.15) is 18.4 Å². The second kappa shape index (κ2) is 11.4. The van der Waals surface area contributed by atoms with Crippen molar-refractivity contribution in [3.63, 3.8) is 0 Å². The molecule has 0 unspecified atom stereocenters. The van der Waals surface area contributed by atoms with Crippen molar-refractivity contribution in [3.8, 4) is 0 Å². The first-order chi connectivity index (χ1) is 11.6. The predicted octanol–water partition coefficient (Wildman–Crippen LogP) is 2.55. The minimum absolute atomic E-state index is 0. The number of hydrogen-bond acceptors (Lipinski definition) is 4. The first-order valence-electron chi connectivity index (χ1n) is 8.45. The molecule has 1 aliphatic heterocycles. The standard InChI is InChI=1S/C18H27N3O2S.ClH/c1-14-3-5-16(6-4-14)20-17(22)12-24-13-18(23)21-9-7-15(8-10-21)11-19-2;/h3-6,15,19H,7-13H2,1-2H3,(H,20,22);1H. The van der Waals surface area contributed by atoms with Crippen LogP contribution < -0.4 is 10.6 Å².